The summed E-state index contributed by atoms with van der Waals surface area (Å²) in [6.45, 7) is 0.812. The standard InChI is InChI=1S/C10H10NO/c1-11-7-6-8-4-2-3-5-9(8)10(11)12/h2-3,5H,6-7H2,1H3. The van der Waals surface area contributed by atoms with Crippen molar-refractivity contribution in [2.45, 2.75) is 6.42 Å². The molecule has 1 amide bonds. The predicted octanol–water partition coefficient (Wildman–Crippen LogP) is 1.11. The number of rotatable bonds is 0. The molecule has 0 unspecified atom stereocenters. The van der Waals surface area contributed by atoms with Gasteiger partial charge in [-0.15, -0.1) is 0 Å². The zero-order chi connectivity index (χ0) is 8.55. The van der Waals surface area contributed by atoms with E-state index in [4.69, 9.17) is 0 Å². The topological polar surface area (TPSA) is 20.3 Å². The maximum Gasteiger partial charge on any atom is 0.253 e. The monoisotopic (exact) mass is 160 g/mol. The Morgan fingerprint density at radius 2 is 2.42 bits per heavy atom. The summed E-state index contributed by atoms with van der Waals surface area (Å²) < 4.78 is 0. The van der Waals surface area contributed by atoms with E-state index in [1.807, 2.05) is 25.2 Å². The molecule has 0 aliphatic carbocycles. The Hall–Kier alpha value is -1.31. The van der Waals surface area contributed by atoms with Crippen LogP contribution in [0.3, 0.4) is 0 Å². The summed E-state index contributed by atoms with van der Waals surface area (Å²) in [6, 6.07) is 8.67. The van der Waals surface area contributed by atoms with Gasteiger partial charge in [-0.2, -0.15) is 0 Å². The first-order valence-electron chi connectivity index (χ1n) is 4.04. The highest BCUT2D eigenvalue weighted by Gasteiger charge is 2.20. The van der Waals surface area contributed by atoms with Crippen molar-refractivity contribution in [3.8, 4) is 0 Å². The first-order chi connectivity index (χ1) is 5.79. The van der Waals surface area contributed by atoms with E-state index in [1.165, 1.54) is 0 Å². The molecule has 2 nitrogen and oxygen atoms in total. The van der Waals surface area contributed by atoms with E-state index < -0.39 is 0 Å². The normalized spacial score (nSPS) is 16.1. The molecule has 1 radical (unpaired) electrons. The van der Waals surface area contributed by atoms with Crippen LogP contribution in [-0.2, 0) is 6.42 Å². The summed E-state index contributed by atoms with van der Waals surface area (Å²) in [4.78, 5) is 13.3. The molecule has 61 valence electrons. The van der Waals surface area contributed by atoms with E-state index in [9.17, 15) is 4.79 Å². The molecule has 1 heterocycles. The molecule has 0 saturated carbocycles. The van der Waals surface area contributed by atoms with Crippen molar-refractivity contribution in [1.29, 1.82) is 0 Å². The maximum absolute atomic E-state index is 11.5. The minimum atomic E-state index is 0.119. The van der Waals surface area contributed by atoms with Crippen molar-refractivity contribution in [2.24, 2.45) is 0 Å². The van der Waals surface area contributed by atoms with Crippen molar-refractivity contribution in [3.63, 3.8) is 0 Å². The molecule has 1 aromatic rings. The highest BCUT2D eigenvalue weighted by atomic mass is 16.2. The zero-order valence-corrected chi connectivity index (χ0v) is 7.00. The highest BCUT2D eigenvalue weighted by Crippen LogP contribution is 2.16. The molecule has 0 fully saturated rings. The fourth-order valence-electron chi connectivity index (χ4n) is 1.47. The molecule has 0 atom stereocenters. The van der Waals surface area contributed by atoms with Gasteiger partial charge in [-0.25, -0.2) is 0 Å². The molecular formula is C10H10NO. The summed E-state index contributed by atoms with van der Waals surface area (Å²) in [5.41, 5.74) is 1.87. The van der Waals surface area contributed by atoms with Crippen molar-refractivity contribution in [3.05, 3.63) is 35.4 Å². The number of hydrogen-bond donors (Lipinski definition) is 0. The Morgan fingerprint density at radius 3 is 3.25 bits per heavy atom. The Kier molecular flexibility index (Phi) is 1.61. The summed E-state index contributed by atoms with van der Waals surface area (Å²) in [5, 5.41) is 0. The van der Waals surface area contributed by atoms with Gasteiger partial charge in [0, 0.05) is 19.2 Å². The third kappa shape index (κ3) is 0.998. The fraction of sp³-hybridized carbons (Fsp3) is 0.300. The molecule has 0 N–H and O–H groups in total. The van der Waals surface area contributed by atoms with Gasteiger partial charge in [-0.1, -0.05) is 12.1 Å². The molecule has 0 aromatic heterocycles. The van der Waals surface area contributed by atoms with Gasteiger partial charge in [0.15, 0.2) is 0 Å². The van der Waals surface area contributed by atoms with Gasteiger partial charge in [0.25, 0.3) is 5.91 Å². The molecule has 12 heavy (non-hydrogen) atoms. The summed E-state index contributed by atoms with van der Waals surface area (Å²) in [5.74, 6) is 0.119. The lowest BCUT2D eigenvalue weighted by molar-refractivity contribution is 0.0781. The van der Waals surface area contributed by atoms with Gasteiger partial charge < -0.3 is 4.90 Å². The Bertz CT molecular complexity index is 319. The van der Waals surface area contributed by atoms with E-state index in [-0.39, 0.29) is 5.91 Å². The second-order valence-electron chi connectivity index (χ2n) is 3.04. The van der Waals surface area contributed by atoms with Crippen LogP contribution in [0, 0.1) is 6.07 Å². The fourth-order valence-corrected chi connectivity index (χ4v) is 1.47. The van der Waals surface area contributed by atoms with Gasteiger partial charge in [0.05, 0.1) is 0 Å². The second-order valence-corrected chi connectivity index (χ2v) is 3.04. The molecule has 1 aromatic carbocycles. The van der Waals surface area contributed by atoms with Crippen LogP contribution in [0.1, 0.15) is 15.9 Å². The average molecular weight is 160 g/mol. The largest absolute Gasteiger partial charge is 0.341 e. The average Bonchev–Trinajstić information content (AvgIpc) is 2.12. The lowest BCUT2D eigenvalue weighted by Crippen LogP contribution is -2.33. The van der Waals surface area contributed by atoms with Crippen LogP contribution in [0.5, 0.6) is 0 Å². The van der Waals surface area contributed by atoms with Gasteiger partial charge in [-0.05, 0) is 24.1 Å². The van der Waals surface area contributed by atoms with E-state index in [1.54, 1.807) is 4.90 Å². The molecule has 0 saturated heterocycles. The summed E-state index contributed by atoms with van der Waals surface area (Å²) in [6.07, 6.45) is 0.929. The van der Waals surface area contributed by atoms with Gasteiger partial charge in [-0.3, -0.25) is 4.79 Å². The van der Waals surface area contributed by atoms with Crippen LogP contribution in [0.2, 0.25) is 0 Å². The van der Waals surface area contributed by atoms with E-state index in [0.717, 1.165) is 24.1 Å². The Balaban J connectivity index is 2.49. The smallest absolute Gasteiger partial charge is 0.253 e. The lowest BCUT2D eigenvalue weighted by Gasteiger charge is -2.24. The minimum Gasteiger partial charge on any atom is -0.341 e. The number of likely N-dealkylation sites (N-methyl/N-ethyl adjacent to an activating group) is 1. The molecule has 2 rings (SSSR count). The van der Waals surface area contributed by atoms with Gasteiger partial charge >= 0.3 is 0 Å². The van der Waals surface area contributed by atoms with Crippen molar-refractivity contribution < 1.29 is 4.79 Å². The van der Waals surface area contributed by atoms with Gasteiger partial charge in [0.1, 0.15) is 0 Å². The third-order valence-corrected chi connectivity index (χ3v) is 2.22. The van der Waals surface area contributed by atoms with Crippen LogP contribution in [0.15, 0.2) is 18.2 Å². The van der Waals surface area contributed by atoms with Crippen LogP contribution in [0.25, 0.3) is 0 Å². The molecule has 0 bridgehead atoms. The van der Waals surface area contributed by atoms with E-state index in [0.29, 0.717) is 0 Å². The van der Waals surface area contributed by atoms with Crippen molar-refractivity contribution >= 4 is 5.91 Å². The number of carbonyl (C=O) groups excluding carboxylic acids is 1. The first-order valence-corrected chi connectivity index (χ1v) is 4.04. The predicted molar refractivity (Wildman–Crippen MR) is 45.9 cm³/mol. The lowest BCUT2D eigenvalue weighted by atomic mass is 10.00. The van der Waals surface area contributed by atoms with Crippen LogP contribution < -0.4 is 0 Å². The SMILES string of the molecule is CN1CCc2[c]cccc2C1=O. The van der Waals surface area contributed by atoms with Crippen molar-refractivity contribution in [1.82, 2.24) is 4.90 Å². The van der Waals surface area contributed by atoms with Crippen LogP contribution >= 0.6 is 0 Å². The highest BCUT2D eigenvalue weighted by molar-refractivity contribution is 5.96. The number of fused-ring (bicyclic) bond motifs is 1. The maximum atomic E-state index is 11.5. The Morgan fingerprint density at radius 1 is 1.58 bits per heavy atom. The number of benzene rings is 1. The molecular weight excluding hydrogens is 150 g/mol. The van der Waals surface area contributed by atoms with Gasteiger partial charge in [0.2, 0.25) is 0 Å². The second kappa shape index (κ2) is 2.63. The van der Waals surface area contributed by atoms with Crippen LogP contribution in [0.4, 0.5) is 0 Å². The van der Waals surface area contributed by atoms with Crippen LogP contribution in [-0.4, -0.2) is 24.4 Å². The third-order valence-electron chi connectivity index (χ3n) is 2.22. The number of nitrogens with zero attached hydrogens (tertiary/aromatic N) is 1. The summed E-state index contributed by atoms with van der Waals surface area (Å²) in [7, 11) is 1.83. The quantitative estimate of drug-likeness (QED) is 0.557. The van der Waals surface area contributed by atoms with Crippen molar-refractivity contribution in [2.75, 3.05) is 13.6 Å². The summed E-state index contributed by atoms with van der Waals surface area (Å²) >= 11 is 0. The number of amides is 1. The Labute approximate surface area is 71.8 Å². The van der Waals surface area contributed by atoms with E-state index >= 15 is 0 Å². The minimum absolute atomic E-state index is 0.119. The zero-order valence-electron chi connectivity index (χ0n) is 7.00. The number of hydrogen-bond acceptors (Lipinski definition) is 1. The molecule has 2 heteroatoms. The molecule has 0 spiro atoms. The van der Waals surface area contributed by atoms with E-state index in [2.05, 4.69) is 6.07 Å². The first kappa shape index (κ1) is 7.35. The molecule has 1 aliphatic heterocycles. The molecule has 1 aliphatic rings. The number of carbonyl (C=O) groups is 1.